The normalized spacial score (nSPS) is 21.2. The van der Waals surface area contributed by atoms with Crippen LogP contribution in [0, 0.1) is 0 Å². The Morgan fingerprint density at radius 1 is 1.57 bits per heavy atom. The Kier molecular flexibility index (Phi) is 4.48. The molecule has 1 aromatic rings. The van der Waals surface area contributed by atoms with Crippen molar-refractivity contribution in [1.82, 2.24) is 19.9 Å². The summed E-state index contributed by atoms with van der Waals surface area (Å²) in [6, 6.07) is -0.522. The lowest BCUT2D eigenvalue weighted by atomic mass is 10.1. The van der Waals surface area contributed by atoms with Gasteiger partial charge in [0, 0.05) is 13.6 Å². The van der Waals surface area contributed by atoms with Gasteiger partial charge in [0.1, 0.15) is 11.7 Å². The lowest BCUT2D eigenvalue weighted by Gasteiger charge is -2.38. The van der Waals surface area contributed by atoms with Crippen molar-refractivity contribution in [3.63, 3.8) is 0 Å². The maximum atomic E-state index is 12.3. The number of carbonyl (C=O) groups is 1. The highest BCUT2D eigenvalue weighted by Gasteiger charge is 2.37. The second kappa shape index (κ2) is 5.98. The first kappa shape index (κ1) is 15.7. The number of rotatable bonds is 2. The average Bonchev–Trinajstić information content (AvgIpc) is 2.82. The zero-order valence-corrected chi connectivity index (χ0v) is 12.8. The smallest absolute Gasteiger partial charge is 0.410 e. The number of aryl methyl sites for hydroxylation is 1. The van der Waals surface area contributed by atoms with Gasteiger partial charge in [-0.25, -0.2) is 9.48 Å². The molecule has 1 aliphatic heterocycles. The molecule has 8 nitrogen and oxygen atoms in total. The predicted octanol–water partition coefficient (Wildman–Crippen LogP) is 0.484. The Hall–Kier alpha value is -1.67. The summed E-state index contributed by atoms with van der Waals surface area (Å²) in [4.78, 5) is 13.8. The number of aromatic nitrogens is 3. The molecule has 8 heteroatoms. The molecule has 1 aliphatic rings. The van der Waals surface area contributed by atoms with Gasteiger partial charge in [0.2, 0.25) is 0 Å². The van der Waals surface area contributed by atoms with Crippen LogP contribution in [0.2, 0.25) is 0 Å². The first-order chi connectivity index (χ1) is 9.79. The average molecular weight is 298 g/mol. The van der Waals surface area contributed by atoms with E-state index in [4.69, 9.17) is 9.47 Å². The number of amides is 1. The van der Waals surface area contributed by atoms with Crippen molar-refractivity contribution in [1.29, 1.82) is 0 Å². The van der Waals surface area contributed by atoms with Gasteiger partial charge in [-0.15, -0.1) is 5.10 Å². The fourth-order valence-corrected chi connectivity index (χ4v) is 2.19. The predicted molar refractivity (Wildman–Crippen MR) is 73.5 cm³/mol. The first-order valence-electron chi connectivity index (χ1n) is 6.89. The highest BCUT2D eigenvalue weighted by molar-refractivity contribution is 5.68. The zero-order valence-electron chi connectivity index (χ0n) is 12.8. The summed E-state index contributed by atoms with van der Waals surface area (Å²) < 4.78 is 12.3. The van der Waals surface area contributed by atoms with E-state index in [1.54, 1.807) is 7.05 Å². The summed E-state index contributed by atoms with van der Waals surface area (Å²) in [5.74, 6) is 0. The molecule has 0 aliphatic carbocycles. The van der Waals surface area contributed by atoms with Crippen molar-refractivity contribution in [2.24, 2.45) is 7.05 Å². The Labute approximate surface area is 123 Å². The van der Waals surface area contributed by atoms with Crippen molar-refractivity contribution in [2.75, 3.05) is 19.8 Å². The van der Waals surface area contributed by atoms with E-state index in [9.17, 15) is 9.90 Å². The molecule has 2 heterocycles. The van der Waals surface area contributed by atoms with Crippen molar-refractivity contribution >= 4 is 6.09 Å². The van der Waals surface area contributed by atoms with Crippen LogP contribution in [-0.4, -0.2) is 62.5 Å². The summed E-state index contributed by atoms with van der Waals surface area (Å²) in [6.07, 6.45) is 0.0924. The van der Waals surface area contributed by atoms with E-state index in [0.29, 0.717) is 18.8 Å². The second-order valence-corrected chi connectivity index (χ2v) is 6.04. The minimum atomic E-state index is -0.933. The number of hydrogen-bond acceptors (Lipinski definition) is 6. The van der Waals surface area contributed by atoms with E-state index >= 15 is 0 Å². The monoisotopic (exact) mass is 298 g/mol. The van der Waals surface area contributed by atoms with Gasteiger partial charge in [-0.3, -0.25) is 4.90 Å². The number of morpholine rings is 1. The summed E-state index contributed by atoms with van der Waals surface area (Å²) in [7, 11) is 1.69. The SMILES string of the molecule is Cn1nncc1C(O)C1COCCN1C(=O)OC(C)(C)C. The lowest BCUT2D eigenvalue weighted by Crippen LogP contribution is -2.53. The molecule has 1 amide bonds. The number of aliphatic hydroxyl groups excluding tert-OH is 1. The molecule has 0 spiro atoms. The molecule has 1 saturated heterocycles. The molecular weight excluding hydrogens is 276 g/mol. The molecule has 2 unspecified atom stereocenters. The fraction of sp³-hybridized carbons (Fsp3) is 0.769. The molecule has 1 aromatic heterocycles. The molecule has 2 rings (SSSR count). The third-order valence-electron chi connectivity index (χ3n) is 3.21. The van der Waals surface area contributed by atoms with Crippen LogP contribution in [0.15, 0.2) is 6.20 Å². The Balaban J connectivity index is 2.15. The fourth-order valence-electron chi connectivity index (χ4n) is 2.19. The molecule has 0 radical (unpaired) electrons. The Bertz CT molecular complexity index is 497. The maximum Gasteiger partial charge on any atom is 0.410 e. The van der Waals surface area contributed by atoms with E-state index < -0.39 is 23.8 Å². The Morgan fingerprint density at radius 3 is 2.86 bits per heavy atom. The number of hydrogen-bond donors (Lipinski definition) is 1. The number of nitrogens with zero attached hydrogens (tertiary/aromatic N) is 4. The van der Waals surface area contributed by atoms with Gasteiger partial charge in [-0.2, -0.15) is 0 Å². The van der Waals surface area contributed by atoms with E-state index in [2.05, 4.69) is 10.3 Å². The molecule has 0 aromatic carbocycles. The highest BCUT2D eigenvalue weighted by Crippen LogP contribution is 2.24. The summed E-state index contributed by atoms with van der Waals surface area (Å²) >= 11 is 0. The van der Waals surface area contributed by atoms with E-state index in [-0.39, 0.29) is 6.61 Å². The van der Waals surface area contributed by atoms with Crippen LogP contribution in [0.25, 0.3) is 0 Å². The molecule has 1 N–H and O–H groups in total. The highest BCUT2D eigenvalue weighted by atomic mass is 16.6. The van der Waals surface area contributed by atoms with Crippen LogP contribution in [0.1, 0.15) is 32.6 Å². The minimum Gasteiger partial charge on any atom is -0.444 e. The third-order valence-corrected chi connectivity index (χ3v) is 3.21. The molecule has 0 bridgehead atoms. The van der Waals surface area contributed by atoms with Crippen LogP contribution in [-0.2, 0) is 16.5 Å². The zero-order chi connectivity index (χ0) is 15.6. The summed E-state index contributed by atoms with van der Waals surface area (Å²) in [5, 5.41) is 18.0. The lowest BCUT2D eigenvalue weighted by molar-refractivity contribution is -0.0688. The number of carbonyl (C=O) groups excluding carboxylic acids is 1. The molecular formula is C13H22N4O4. The quantitative estimate of drug-likeness (QED) is 0.854. The van der Waals surface area contributed by atoms with E-state index in [1.165, 1.54) is 15.8 Å². The Morgan fingerprint density at radius 2 is 2.29 bits per heavy atom. The second-order valence-electron chi connectivity index (χ2n) is 6.04. The van der Waals surface area contributed by atoms with Crippen LogP contribution >= 0.6 is 0 Å². The summed E-state index contributed by atoms with van der Waals surface area (Å²) in [6.45, 7) is 6.46. The molecule has 1 fully saturated rings. The first-order valence-corrected chi connectivity index (χ1v) is 6.89. The minimum absolute atomic E-state index is 0.242. The maximum absolute atomic E-state index is 12.3. The number of aliphatic hydroxyl groups is 1. The van der Waals surface area contributed by atoms with Gasteiger partial charge in [0.25, 0.3) is 0 Å². The molecule has 2 atom stereocenters. The van der Waals surface area contributed by atoms with Crippen LogP contribution in [0.3, 0.4) is 0 Å². The molecule has 0 saturated carbocycles. The van der Waals surface area contributed by atoms with Crippen molar-refractivity contribution in [2.45, 2.75) is 38.5 Å². The van der Waals surface area contributed by atoms with Gasteiger partial charge in [-0.05, 0) is 20.8 Å². The number of ether oxygens (including phenoxy) is 2. The third kappa shape index (κ3) is 3.70. The van der Waals surface area contributed by atoms with Crippen LogP contribution in [0.4, 0.5) is 4.79 Å². The molecule has 21 heavy (non-hydrogen) atoms. The summed E-state index contributed by atoms with van der Waals surface area (Å²) in [5.41, 5.74) is -0.0574. The van der Waals surface area contributed by atoms with Crippen molar-refractivity contribution < 1.29 is 19.4 Å². The van der Waals surface area contributed by atoms with Gasteiger partial charge in [0.15, 0.2) is 0 Å². The topological polar surface area (TPSA) is 89.7 Å². The molecule has 118 valence electrons. The van der Waals surface area contributed by atoms with Crippen LogP contribution in [0.5, 0.6) is 0 Å². The van der Waals surface area contributed by atoms with Gasteiger partial charge in [0.05, 0.1) is 31.1 Å². The van der Waals surface area contributed by atoms with Crippen LogP contribution < -0.4 is 0 Å². The van der Waals surface area contributed by atoms with Gasteiger partial charge in [-0.1, -0.05) is 5.21 Å². The van der Waals surface area contributed by atoms with Gasteiger partial charge < -0.3 is 14.6 Å². The van der Waals surface area contributed by atoms with Crippen molar-refractivity contribution in [3.05, 3.63) is 11.9 Å². The standard InChI is InChI=1S/C13H22N4O4/c1-13(2,3)21-12(19)17-5-6-20-8-10(17)11(18)9-7-14-15-16(9)4/h7,10-11,18H,5-6,8H2,1-4H3. The van der Waals surface area contributed by atoms with Gasteiger partial charge >= 0.3 is 6.09 Å². The van der Waals surface area contributed by atoms with E-state index in [0.717, 1.165) is 0 Å². The largest absolute Gasteiger partial charge is 0.444 e. The van der Waals surface area contributed by atoms with E-state index in [1.807, 2.05) is 20.8 Å². The van der Waals surface area contributed by atoms with Crippen molar-refractivity contribution in [3.8, 4) is 0 Å².